The standard InChI is InChI=1S/C23H33N3O3/c1-5-24-23(26-16-22(28-4)19-9-7-6-8-10-19)25-15-21(27)18-11-13-20(14-12-18)29-17(2)3/h6-14,17,21-22,27H,5,15-16H2,1-4H3,(H2,24,25,26). The van der Waals surface area contributed by atoms with E-state index in [0.29, 0.717) is 12.5 Å². The molecule has 0 aromatic heterocycles. The number of nitrogens with one attached hydrogen (secondary N) is 2. The number of aliphatic hydroxyl groups excluding tert-OH is 1. The zero-order chi connectivity index (χ0) is 21.1. The lowest BCUT2D eigenvalue weighted by atomic mass is 10.1. The van der Waals surface area contributed by atoms with Gasteiger partial charge in [-0.25, -0.2) is 0 Å². The topological polar surface area (TPSA) is 75.1 Å². The number of benzene rings is 2. The van der Waals surface area contributed by atoms with Crippen LogP contribution in [0.4, 0.5) is 0 Å². The average molecular weight is 400 g/mol. The zero-order valence-corrected chi connectivity index (χ0v) is 17.8. The number of aliphatic imine (C=N–C) groups is 1. The molecule has 0 heterocycles. The van der Waals surface area contributed by atoms with Crippen molar-refractivity contribution < 1.29 is 14.6 Å². The number of aliphatic hydroxyl groups is 1. The predicted octanol–water partition coefficient (Wildman–Crippen LogP) is 3.45. The number of rotatable bonds is 10. The van der Waals surface area contributed by atoms with E-state index >= 15 is 0 Å². The van der Waals surface area contributed by atoms with Crippen molar-refractivity contribution in [2.75, 3.05) is 26.7 Å². The highest BCUT2D eigenvalue weighted by Gasteiger charge is 2.12. The molecule has 0 amide bonds. The highest BCUT2D eigenvalue weighted by atomic mass is 16.5. The van der Waals surface area contributed by atoms with E-state index in [-0.39, 0.29) is 18.8 Å². The summed E-state index contributed by atoms with van der Waals surface area (Å²) >= 11 is 0. The quantitative estimate of drug-likeness (QED) is 0.421. The second-order valence-electron chi connectivity index (χ2n) is 6.99. The molecule has 3 N–H and O–H groups in total. The molecule has 0 fully saturated rings. The molecule has 0 radical (unpaired) electrons. The lowest BCUT2D eigenvalue weighted by Crippen LogP contribution is -2.40. The molecule has 0 saturated heterocycles. The van der Waals surface area contributed by atoms with Crippen molar-refractivity contribution in [3.8, 4) is 5.75 Å². The summed E-state index contributed by atoms with van der Waals surface area (Å²) in [6.45, 7) is 7.53. The molecule has 2 unspecified atom stereocenters. The van der Waals surface area contributed by atoms with Gasteiger partial charge in [0.2, 0.25) is 0 Å². The van der Waals surface area contributed by atoms with E-state index in [1.807, 2.05) is 75.4 Å². The Morgan fingerprint density at radius 3 is 2.28 bits per heavy atom. The molecular weight excluding hydrogens is 366 g/mol. The summed E-state index contributed by atoms with van der Waals surface area (Å²) in [6, 6.07) is 17.5. The van der Waals surface area contributed by atoms with Gasteiger partial charge in [0.15, 0.2) is 5.96 Å². The fraction of sp³-hybridized carbons (Fsp3) is 0.435. The van der Waals surface area contributed by atoms with E-state index in [0.717, 1.165) is 23.4 Å². The molecular formula is C23H33N3O3. The number of guanidine groups is 1. The van der Waals surface area contributed by atoms with Gasteiger partial charge in [-0.05, 0) is 44.0 Å². The summed E-state index contributed by atoms with van der Waals surface area (Å²) in [5.41, 5.74) is 1.90. The first-order chi connectivity index (χ1) is 14.0. The summed E-state index contributed by atoms with van der Waals surface area (Å²) in [4.78, 5) is 4.52. The van der Waals surface area contributed by atoms with Gasteiger partial charge in [-0.1, -0.05) is 42.5 Å². The molecule has 0 aliphatic carbocycles. The number of hydrogen-bond acceptors (Lipinski definition) is 4. The van der Waals surface area contributed by atoms with Crippen molar-refractivity contribution in [2.45, 2.75) is 39.1 Å². The minimum atomic E-state index is -0.689. The van der Waals surface area contributed by atoms with Crippen LogP contribution in [0.5, 0.6) is 5.75 Å². The molecule has 6 heteroatoms. The molecule has 0 aliphatic heterocycles. The summed E-state index contributed by atoms with van der Waals surface area (Å²) in [5.74, 6) is 1.44. The fourth-order valence-corrected chi connectivity index (χ4v) is 2.86. The van der Waals surface area contributed by atoms with E-state index in [9.17, 15) is 5.11 Å². The van der Waals surface area contributed by atoms with Crippen LogP contribution in [-0.4, -0.2) is 43.9 Å². The smallest absolute Gasteiger partial charge is 0.191 e. The normalized spacial score (nSPS) is 13.8. The molecule has 2 atom stereocenters. The van der Waals surface area contributed by atoms with Gasteiger partial charge in [-0.15, -0.1) is 0 Å². The molecule has 0 bridgehead atoms. The minimum absolute atomic E-state index is 0.0847. The van der Waals surface area contributed by atoms with Crippen LogP contribution in [-0.2, 0) is 4.74 Å². The van der Waals surface area contributed by atoms with E-state index in [2.05, 4.69) is 15.6 Å². The highest BCUT2D eigenvalue weighted by molar-refractivity contribution is 5.79. The summed E-state index contributed by atoms with van der Waals surface area (Å²) in [6.07, 6.45) is -0.652. The van der Waals surface area contributed by atoms with Crippen molar-refractivity contribution in [2.24, 2.45) is 4.99 Å². The molecule has 0 spiro atoms. The van der Waals surface area contributed by atoms with Crippen LogP contribution < -0.4 is 15.4 Å². The van der Waals surface area contributed by atoms with Crippen molar-refractivity contribution >= 4 is 5.96 Å². The number of ether oxygens (including phenoxy) is 2. The van der Waals surface area contributed by atoms with Crippen LogP contribution in [0.15, 0.2) is 59.6 Å². The largest absolute Gasteiger partial charge is 0.491 e. The predicted molar refractivity (Wildman–Crippen MR) is 117 cm³/mol. The van der Waals surface area contributed by atoms with Crippen molar-refractivity contribution in [1.82, 2.24) is 10.6 Å². The zero-order valence-electron chi connectivity index (χ0n) is 17.8. The number of hydrogen-bond donors (Lipinski definition) is 3. The number of nitrogens with zero attached hydrogens (tertiary/aromatic N) is 1. The van der Waals surface area contributed by atoms with Gasteiger partial charge in [0.25, 0.3) is 0 Å². The minimum Gasteiger partial charge on any atom is -0.491 e. The van der Waals surface area contributed by atoms with Gasteiger partial charge in [0, 0.05) is 20.2 Å². The monoisotopic (exact) mass is 399 g/mol. The van der Waals surface area contributed by atoms with Crippen LogP contribution in [0.3, 0.4) is 0 Å². The first kappa shape index (κ1) is 22.7. The van der Waals surface area contributed by atoms with Gasteiger partial charge < -0.3 is 25.2 Å². The Morgan fingerprint density at radius 1 is 1.00 bits per heavy atom. The number of methoxy groups -OCH3 is 1. The average Bonchev–Trinajstić information content (AvgIpc) is 2.73. The summed E-state index contributed by atoms with van der Waals surface area (Å²) in [5, 5.41) is 17.0. The molecule has 6 nitrogen and oxygen atoms in total. The SMILES string of the molecule is CCNC(=NCC(O)c1ccc(OC(C)C)cc1)NCC(OC)c1ccccc1. The Kier molecular flexibility index (Phi) is 9.47. The summed E-state index contributed by atoms with van der Waals surface area (Å²) < 4.78 is 11.2. The van der Waals surface area contributed by atoms with Gasteiger partial charge >= 0.3 is 0 Å². The molecule has 0 aliphatic rings. The van der Waals surface area contributed by atoms with Crippen LogP contribution >= 0.6 is 0 Å². The van der Waals surface area contributed by atoms with E-state index in [4.69, 9.17) is 9.47 Å². The maximum absolute atomic E-state index is 10.5. The fourth-order valence-electron chi connectivity index (χ4n) is 2.86. The van der Waals surface area contributed by atoms with E-state index in [1.165, 1.54) is 0 Å². The van der Waals surface area contributed by atoms with Gasteiger partial charge in [-0.2, -0.15) is 0 Å². The second-order valence-corrected chi connectivity index (χ2v) is 6.99. The first-order valence-corrected chi connectivity index (χ1v) is 10.1. The van der Waals surface area contributed by atoms with Gasteiger partial charge in [0.1, 0.15) is 5.75 Å². The van der Waals surface area contributed by atoms with Crippen LogP contribution in [0, 0.1) is 0 Å². The molecule has 29 heavy (non-hydrogen) atoms. The summed E-state index contributed by atoms with van der Waals surface area (Å²) in [7, 11) is 1.69. The Morgan fingerprint density at radius 2 is 1.69 bits per heavy atom. The van der Waals surface area contributed by atoms with E-state index < -0.39 is 6.10 Å². The first-order valence-electron chi connectivity index (χ1n) is 10.1. The van der Waals surface area contributed by atoms with Gasteiger partial charge in [-0.3, -0.25) is 4.99 Å². The lowest BCUT2D eigenvalue weighted by molar-refractivity contribution is 0.106. The Bertz CT molecular complexity index is 733. The third kappa shape index (κ3) is 7.75. The van der Waals surface area contributed by atoms with Crippen LogP contribution in [0.2, 0.25) is 0 Å². The molecule has 2 rings (SSSR count). The van der Waals surface area contributed by atoms with Crippen LogP contribution in [0.1, 0.15) is 44.1 Å². The third-order valence-corrected chi connectivity index (χ3v) is 4.31. The van der Waals surface area contributed by atoms with E-state index in [1.54, 1.807) is 7.11 Å². The molecule has 0 saturated carbocycles. The van der Waals surface area contributed by atoms with Crippen LogP contribution in [0.25, 0.3) is 0 Å². The second kappa shape index (κ2) is 12.1. The maximum Gasteiger partial charge on any atom is 0.191 e. The molecule has 158 valence electrons. The maximum atomic E-state index is 10.5. The Balaban J connectivity index is 1.95. The molecule has 2 aromatic rings. The Hall–Kier alpha value is -2.57. The Labute approximate surface area is 174 Å². The lowest BCUT2D eigenvalue weighted by Gasteiger charge is -2.19. The van der Waals surface area contributed by atoms with Crippen molar-refractivity contribution in [3.05, 3.63) is 65.7 Å². The van der Waals surface area contributed by atoms with Gasteiger partial charge in [0.05, 0.1) is 24.9 Å². The highest BCUT2D eigenvalue weighted by Crippen LogP contribution is 2.19. The third-order valence-electron chi connectivity index (χ3n) is 4.31. The van der Waals surface area contributed by atoms with Crippen molar-refractivity contribution in [3.63, 3.8) is 0 Å². The molecule has 2 aromatic carbocycles. The van der Waals surface area contributed by atoms with Crippen molar-refractivity contribution in [1.29, 1.82) is 0 Å².